The lowest BCUT2D eigenvalue weighted by atomic mass is 9.94. The molecule has 0 unspecified atom stereocenters. The van der Waals surface area contributed by atoms with Crippen molar-refractivity contribution >= 4 is 93.1 Å². The second-order valence-corrected chi connectivity index (χ2v) is 18.1. The van der Waals surface area contributed by atoms with Crippen LogP contribution in [0.5, 0.6) is 0 Å². The molecule has 12 aromatic carbocycles. The smallest absolute Gasteiger partial charge is 0.143 e. The van der Waals surface area contributed by atoms with Gasteiger partial charge in [0.05, 0.1) is 11.0 Å². The quantitative estimate of drug-likeness (QED) is 0.149. The van der Waals surface area contributed by atoms with Crippen LogP contribution in [0.25, 0.3) is 115 Å². The summed E-state index contributed by atoms with van der Waals surface area (Å²) in [5, 5.41) is 11.9. The van der Waals surface area contributed by atoms with Gasteiger partial charge in [-0.05, 0) is 145 Å². The largest absolute Gasteiger partial charge is 0.455 e. The summed E-state index contributed by atoms with van der Waals surface area (Å²) in [5.74, 6) is 0. The number of fused-ring (bicyclic) bond motifs is 11. The second kappa shape index (κ2) is 15.7. The number of benzene rings is 12. The summed E-state index contributed by atoms with van der Waals surface area (Å²) >= 11 is 0. The summed E-state index contributed by atoms with van der Waals surface area (Å²) in [6.07, 6.45) is 0. The maximum absolute atomic E-state index is 6.59. The summed E-state index contributed by atoms with van der Waals surface area (Å²) in [5.41, 5.74) is 15.8. The average Bonchev–Trinajstić information content (AvgIpc) is 3.97. The van der Waals surface area contributed by atoms with Crippen LogP contribution in [-0.2, 0) is 0 Å². The van der Waals surface area contributed by atoms with Crippen molar-refractivity contribution < 1.29 is 4.42 Å². The highest BCUT2D eigenvalue weighted by atomic mass is 16.3. The predicted octanol–water partition coefficient (Wildman–Crippen LogP) is 18.6. The van der Waals surface area contributed by atoms with Gasteiger partial charge in [0, 0.05) is 49.7 Å². The molecule has 0 saturated heterocycles. The molecule has 0 spiro atoms. The van der Waals surface area contributed by atoms with Gasteiger partial charge in [0.1, 0.15) is 11.2 Å². The fourth-order valence-corrected chi connectivity index (χ4v) is 10.9. The van der Waals surface area contributed by atoms with Gasteiger partial charge in [-0.1, -0.05) is 170 Å². The zero-order valence-corrected chi connectivity index (χ0v) is 37.6. The van der Waals surface area contributed by atoms with Crippen LogP contribution in [-0.4, -0.2) is 4.57 Å². The molecule has 14 rings (SSSR count). The molecule has 0 atom stereocenters. The van der Waals surface area contributed by atoms with Crippen LogP contribution in [0.4, 0.5) is 17.1 Å². The zero-order chi connectivity index (χ0) is 45.4. The number of para-hydroxylation sites is 2. The van der Waals surface area contributed by atoms with E-state index in [2.05, 4.69) is 264 Å². The van der Waals surface area contributed by atoms with E-state index in [9.17, 15) is 0 Å². The molecule has 0 bridgehead atoms. The van der Waals surface area contributed by atoms with Crippen molar-refractivity contribution in [3.8, 4) is 39.1 Å². The molecule has 3 heteroatoms. The summed E-state index contributed by atoms with van der Waals surface area (Å²) in [4.78, 5) is 2.38. The Morgan fingerprint density at radius 1 is 0.290 bits per heavy atom. The first-order valence-electron chi connectivity index (χ1n) is 23.6. The minimum Gasteiger partial charge on any atom is -0.455 e. The number of rotatable bonds is 7. The standard InChI is InChI=1S/C66H42N2O/c1-3-13-43(14-4-1)54-18-9-10-19-55(54)45-25-30-51(31-26-45)67(53-33-38-65-62(42-53)60-35-27-44-15-7-8-20-58(44)66(60)69-65)52-32-36-57-49(40-52)24-23-48-39-46(28-34-56(48)57)47-29-37-64-61(41-47)59-21-11-12-22-63(59)68(64)50-16-5-2-6-17-50/h1-42H. The number of hydrogen-bond acceptors (Lipinski definition) is 2. The Balaban J connectivity index is 0.875. The first-order chi connectivity index (χ1) is 34.2. The Hall–Kier alpha value is -9.18. The third kappa shape index (κ3) is 6.43. The lowest BCUT2D eigenvalue weighted by Crippen LogP contribution is -2.09. The van der Waals surface area contributed by atoms with E-state index in [0.717, 1.165) is 44.4 Å². The molecular formula is C66H42N2O. The number of nitrogens with zero attached hydrogens (tertiary/aromatic N) is 2. The number of furan rings is 1. The van der Waals surface area contributed by atoms with Gasteiger partial charge in [-0.3, -0.25) is 0 Å². The SMILES string of the molecule is c1ccc(-c2ccccc2-c2ccc(N(c3ccc4c(ccc5cc(-c6ccc7c(c6)c6ccccc6n7-c6ccccc6)ccc54)c3)c3ccc4oc5c6ccccc6ccc5c4c3)cc2)cc1. The Labute approximate surface area is 399 Å². The highest BCUT2D eigenvalue weighted by Gasteiger charge is 2.19. The highest BCUT2D eigenvalue weighted by molar-refractivity contribution is 6.16. The van der Waals surface area contributed by atoms with Crippen LogP contribution in [0.2, 0.25) is 0 Å². The van der Waals surface area contributed by atoms with Gasteiger partial charge in [-0.2, -0.15) is 0 Å². The van der Waals surface area contributed by atoms with Gasteiger partial charge in [0.25, 0.3) is 0 Å². The van der Waals surface area contributed by atoms with Crippen molar-refractivity contribution in [2.45, 2.75) is 0 Å². The summed E-state index contributed by atoms with van der Waals surface area (Å²) in [6, 6.07) is 92.5. The average molecular weight is 879 g/mol. The molecule has 0 saturated carbocycles. The number of anilines is 3. The van der Waals surface area contributed by atoms with E-state index < -0.39 is 0 Å². The van der Waals surface area contributed by atoms with Gasteiger partial charge in [0.15, 0.2) is 0 Å². The van der Waals surface area contributed by atoms with E-state index >= 15 is 0 Å². The molecule has 0 aliphatic carbocycles. The number of aromatic nitrogens is 1. The highest BCUT2D eigenvalue weighted by Crippen LogP contribution is 2.43. The lowest BCUT2D eigenvalue weighted by Gasteiger charge is -2.26. The second-order valence-electron chi connectivity index (χ2n) is 18.1. The van der Waals surface area contributed by atoms with Crippen molar-refractivity contribution in [1.82, 2.24) is 4.57 Å². The van der Waals surface area contributed by atoms with E-state index in [1.807, 2.05) is 0 Å². The topological polar surface area (TPSA) is 21.3 Å². The van der Waals surface area contributed by atoms with Crippen LogP contribution in [0, 0.1) is 0 Å². The van der Waals surface area contributed by atoms with Crippen LogP contribution in [0.1, 0.15) is 0 Å². The Morgan fingerprint density at radius 3 is 1.65 bits per heavy atom. The van der Waals surface area contributed by atoms with E-state index in [0.29, 0.717) is 0 Å². The van der Waals surface area contributed by atoms with Crippen LogP contribution in [0.3, 0.4) is 0 Å². The molecule has 0 amide bonds. The molecule has 0 aliphatic heterocycles. The van der Waals surface area contributed by atoms with Gasteiger partial charge >= 0.3 is 0 Å². The van der Waals surface area contributed by atoms with E-state index in [1.54, 1.807) is 0 Å². The van der Waals surface area contributed by atoms with Crippen molar-refractivity contribution in [2.24, 2.45) is 0 Å². The Morgan fingerprint density at radius 2 is 0.841 bits per heavy atom. The summed E-state index contributed by atoms with van der Waals surface area (Å²) in [6.45, 7) is 0. The Kier molecular flexibility index (Phi) is 8.90. The molecule has 69 heavy (non-hydrogen) atoms. The molecule has 0 radical (unpaired) electrons. The summed E-state index contributed by atoms with van der Waals surface area (Å²) in [7, 11) is 0. The van der Waals surface area contributed by atoms with Crippen molar-refractivity contribution in [3.63, 3.8) is 0 Å². The van der Waals surface area contributed by atoms with E-state index in [1.165, 1.54) is 87.8 Å². The molecule has 2 heterocycles. The minimum atomic E-state index is 0.876. The number of hydrogen-bond donors (Lipinski definition) is 0. The lowest BCUT2D eigenvalue weighted by molar-refractivity contribution is 0.672. The summed E-state index contributed by atoms with van der Waals surface area (Å²) < 4.78 is 8.97. The monoisotopic (exact) mass is 878 g/mol. The fourth-order valence-electron chi connectivity index (χ4n) is 10.9. The zero-order valence-electron chi connectivity index (χ0n) is 37.6. The van der Waals surface area contributed by atoms with Gasteiger partial charge < -0.3 is 13.9 Å². The fraction of sp³-hybridized carbons (Fsp3) is 0. The molecule has 3 nitrogen and oxygen atoms in total. The van der Waals surface area contributed by atoms with Crippen LogP contribution < -0.4 is 4.90 Å². The molecule has 0 fully saturated rings. The molecule has 14 aromatic rings. The van der Waals surface area contributed by atoms with Gasteiger partial charge in [0.2, 0.25) is 0 Å². The van der Waals surface area contributed by atoms with Gasteiger partial charge in [-0.25, -0.2) is 0 Å². The van der Waals surface area contributed by atoms with Crippen LogP contribution in [0.15, 0.2) is 259 Å². The van der Waals surface area contributed by atoms with Gasteiger partial charge in [-0.15, -0.1) is 0 Å². The van der Waals surface area contributed by atoms with Crippen LogP contribution >= 0.6 is 0 Å². The first-order valence-corrected chi connectivity index (χ1v) is 23.6. The third-order valence-electron chi connectivity index (χ3n) is 14.1. The Bertz CT molecular complexity index is 4300. The third-order valence-corrected chi connectivity index (χ3v) is 14.1. The maximum Gasteiger partial charge on any atom is 0.143 e. The van der Waals surface area contributed by atoms with Crippen molar-refractivity contribution in [3.05, 3.63) is 255 Å². The molecule has 2 aromatic heterocycles. The predicted molar refractivity (Wildman–Crippen MR) is 292 cm³/mol. The molecular weight excluding hydrogens is 837 g/mol. The molecule has 0 aliphatic rings. The normalized spacial score (nSPS) is 11.8. The van der Waals surface area contributed by atoms with Crippen molar-refractivity contribution in [2.75, 3.05) is 4.90 Å². The minimum absolute atomic E-state index is 0.876. The molecule has 0 N–H and O–H groups in total. The van der Waals surface area contributed by atoms with E-state index in [-0.39, 0.29) is 0 Å². The maximum atomic E-state index is 6.59. The molecule has 322 valence electrons. The van der Waals surface area contributed by atoms with Crippen molar-refractivity contribution in [1.29, 1.82) is 0 Å². The van der Waals surface area contributed by atoms with E-state index in [4.69, 9.17) is 4.42 Å². The first kappa shape index (κ1) is 39.0.